The first-order chi connectivity index (χ1) is 14.2. The SMILES string of the molecule is C[C@]1(O)COc2c([S@@](N)(=O)=NC(=O)Nc3c4c(cc5c3CCC5)CCC4)cnn2C1. The number of carbonyl (C=O) groups is 1. The van der Waals surface area contributed by atoms with Gasteiger partial charge in [-0.25, -0.2) is 18.8 Å². The fourth-order valence-corrected chi connectivity index (χ4v) is 5.68. The maximum absolute atomic E-state index is 13.1. The van der Waals surface area contributed by atoms with Crippen molar-refractivity contribution in [3.05, 3.63) is 34.5 Å². The highest BCUT2D eigenvalue weighted by molar-refractivity contribution is 7.91. The Morgan fingerprint density at radius 2 is 1.97 bits per heavy atom. The summed E-state index contributed by atoms with van der Waals surface area (Å²) in [5.41, 5.74) is 4.63. The Morgan fingerprint density at radius 1 is 1.30 bits per heavy atom. The Kier molecular flexibility index (Phi) is 4.42. The number of fused-ring (bicyclic) bond motifs is 3. The standard InChI is InChI=1S/C20H25N5O4S/c1-20(27)10-25-18(29-11-20)16(9-22-25)30(21,28)24-19(26)23-17-14-6-2-4-12(14)8-13-5-3-7-15(13)17/h8-9,27H,2-7,10-11H2,1H3,(H3,21,23,24,26,28)/t20-,30+/m1/s1. The highest BCUT2D eigenvalue weighted by Gasteiger charge is 2.33. The van der Waals surface area contributed by atoms with Gasteiger partial charge in [-0.2, -0.15) is 5.10 Å². The van der Waals surface area contributed by atoms with Crippen molar-refractivity contribution in [2.45, 2.75) is 62.5 Å². The van der Waals surface area contributed by atoms with Crippen molar-refractivity contribution in [1.82, 2.24) is 9.78 Å². The van der Waals surface area contributed by atoms with E-state index in [0.717, 1.165) is 55.3 Å². The first kappa shape index (κ1) is 19.5. The topological polar surface area (TPSA) is 132 Å². The van der Waals surface area contributed by atoms with Crippen molar-refractivity contribution in [2.24, 2.45) is 9.50 Å². The Bertz CT molecular complexity index is 1140. The molecule has 4 N–H and O–H groups in total. The minimum atomic E-state index is -3.57. The van der Waals surface area contributed by atoms with E-state index < -0.39 is 21.5 Å². The van der Waals surface area contributed by atoms with Gasteiger partial charge in [-0.05, 0) is 67.7 Å². The van der Waals surface area contributed by atoms with Crippen LogP contribution in [-0.2, 0) is 42.1 Å². The summed E-state index contributed by atoms with van der Waals surface area (Å²) in [6.07, 6.45) is 7.28. The summed E-state index contributed by atoms with van der Waals surface area (Å²) < 4.78 is 23.8. The van der Waals surface area contributed by atoms with Crippen LogP contribution in [0.25, 0.3) is 0 Å². The Morgan fingerprint density at radius 3 is 2.63 bits per heavy atom. The lowest BCUT2D eigenvalue weighted by molar-refractivity contribution is -0.0325. The first-order valence-electron chi connectivity index (χ1n) is 10.2. The number of amides is 2. The average Bonchev–Trinajstić information content (AvgIpc) is 3.38. The number of rotatable bonds is 2. The van der Waals surface area contributed by atoms with E-state index in [1.807, 2.05) is 0 Å². The zero-order valence-corrected chi connectivity index (χ0v) is 17.6. The van der Waals surface area contributed by atoms with Gasteiger partial charge in [0.15, 0.2) is 9.92 Å². The maximum atomic E-state index is 13.1. The number of hydrogen-bond donors (Lipinski definition) is 3. The number of ether oxygens (including phenoxy) is 1. The zero-order chi connectivity index (χ0) is 21.1. The lowest BCUT2D eigenvalue weighted by Gasteiger charge is -2.29. The second-order valence-electron chi connectivity index (χ2n) is 8.58. The predicted molar refractivity (Wildman–Crippen MR) is 111 cm³/mol. The summed E-state index contributed by atoms with van der Waals surface area (Å²) in [7, 11) is -3.57. The smallest absolute Gasteiger partial charge is 0.354 e. The van der Waals surface area contributed by atoms with E-state index in [9.17, 15) is 14.1 Å². The van der Waals surface area contributed by atoms with Crippen molar-refractivity contribution in [1.29, 1.82) is 0 Å². The van der Waals surface area contributed by atoms with E-state index in [0.29, 0.717) is 0 Å². The number of hydrogen-bond acceptors (Lipinski definition) is 5. The summed E-state index contributed by atoms with van der Waals surface area (Å²) >= 11 is 0. The predicted octanol–water partition coefficient (Wildman–Crippen LogP) is 1.94. The molecule has 2 amide bonds. The van der Waals surface area contributed by atoms with Gasteiger partial charge in [0.1, 0.15) is 17.1 Å². The molecule has 1 aromatic carbocycles. The molecule has 0 radical (unpaired) electrons. The molecule has 2 aliphatic carbocycles. The molecule has 1 aliphatic heterocycles. The molecule has 5 rings (SSSR count). The summed E-state index contributed by atoms with van der Waals surface area (Å²) in [5.74, 6) is 0.173. The Balaban J connectivity index is 1.47. The number of nitrogens with two attached hydrogens (primary N) is 1. The molecule has 3 aliphatic rings. The third-order valence-corrected chi connectivity index (χ3v) is 7.36. The highest BCUT2D eigenvalue weighted by Crippen LogP contribution is 2.38. The lowest BCUT2D eigenvalue weighted by atomic mass is 9.99. The quantitative estimate of drug-likeness (QED) is 0.668. The number of urea groups is 1. The van der Waals surface area contributed by atoms with E-state index in [4.69, 9.17) is 9.88 Å². The molecule has 0 saturated heterocycles. The second-order valence-corrected chi connectivity index (χ2v) is 10.3. The van der Waals surface area contributed by atoms with Crippen LogP contribution < -0.4 is 15.2 Å². The number of aliphatic hydroxyl groups is 1. The summed E-state index contributed by atoms with van der Waals surface area (Å²) in [5, 5.41) is 23.0. The molecule has 0 unspecified atom stereocenters. The van der Waals surface area contributed by atoms with E-state index in [-0.39, 0.29) is 23.9 Å². The largest absolute Gasteiger partial charge is 0.474 e. The van der Waals surface area contributed by atoms with Crippen LogP contribution in [0.5, 0.6) is 5.88 Å². The number of aromatic nitrogens is 2. The van der Waals surface area contributed by atoms with Crippen LogP contribution in [0.15, 0.2) is 21.5 Å². The summed E-state index contributed by atoms with van der Waals surface area (Å²) in [4.78, 5) is 12.8. The number of aryl methyl sites for hydroxylation is 2. The third-order valence-electron chi connectivity index (χ3n) is 6.01. The van der Waals surface area contributed by atoms with Crippen LogP contribution in [0.2, 0.25) is 0 Å². The van der Waals surface area contributed by atoms with Gasteiger partial charge in [-0.3, -0.25) is 0 Å². The molecule has 0 spiro atoms. The highest BCUT2D eigenvalue weighted by atomic mass is 32.2. The number of anilines is 1. The summed E-state index contributed by atoms with van der Waals surface area (Å²) in [6, 6.07) is 1.54. The number of nitrogens with one attached hydrogen (secondary N) is 1. The molecule has 2 aromatic rings. The number of nitrogens with zero attached hydrogens (tertiary/aromatic N) is 3. The van der Waals surface area contributed by atoms with Gasteiger partial charge >= 0.3 is 6.03 Å². The molecule has 2 heterocycles. The van der Waals surface area contributed by atoms with E-state index in [2.05, 4.69) is 20.8 Å². The fourth-order valence-electron chi connectivity index (χ4n) is 4.68. The zero-order valence-electron chi connectivity index (χ0n) is 16.8. The molecule has 0 bridgehead atoms. The molecule has 1 aromatic heterocycles. The van der Waals surface area contributed by atoms with Gasteiger partial charge in [0, 0.05) is 5.69 Å². The molecule has 160 valence electrons. The van der Waals surface area contributed by atoms with Gasteiger partial charge in [0.05, 0.1) is 12.7 Å². The van der Waals surface area contributed by atoms with Crippen LogP contribution in [0.3, 0.4) is 0 Å². The Labute approximate surface area is 174 Å². The molecule has 10 heteroatoms. The molecule has 9 nitrogen and oxygen atoms in total. The third kappa shape index (κ3) is 3.28. The van der Waals surface area contributed by atoms with E-state index in [1.165, 1.54) is 22.0 Å². The monoisotopic (exact) mass is 431 g/mol. The van der Waals surface area contributed by atoms with Crippen molar-refractivity contribution in [2.75, 3.05) is 11.9 Å². The molecule has 30 heavy (non-hydrogen) atoms. The number of benzene rings is 1. The van der Waals surface area contributed by atoms with Crippen LogP contribution in [-0.4, -0.2) is 37.3 Å². The minimum absolute atomic E-state index is 0.00962. The van der Waals surface area contributed by atoms with Crippen LogP contribution in [0, 0.1) is 0 Å². The molecular formula is C20H25N5O4S. The average molecular weight is 432 g/mol. The molecule has 0 saturated carbocycles. The van der Waals surface area contributed by atoms with Crippen LogP contribution in [0.1, 0.15) is 42.0 Å². The maximum Gasteiger partial charge on any atom is 0.354 e. The number of carbonyl (C=O) groups excluding carboxylic acids is 1. The normalized spacial score (nSPS) is 23.7. The summed E-state index contributed by atoms with van der Waals surface area (Å²) in [6.45, 7) is 1.80. The van der Waals surface area contributed by atoms with Gasteiger partial charge in [-0.1, -0.05) is 6.07 Å². The minimum Gasteiger partial charge on any atom is -0.474 e. The van der Waals surface area contributed by atoms with Gasteiger partial charge in [0.25, 0.3) is 0 Å². The molecule has 2 atom stereocenters. The molecular weight excluding hydrogens is 406 g/mol. The van der Waals surface area contributed by atoms with Crippen molar-refractivity contribution < 1.29 is 18.8 Å². The van der Waals surface area contributed by atoms with Crippen LogP contribution in [0.4, 0.5) is 10.5 Å². The van der Waals surface area contributed by atoms with Crippen LogP contribution >= 0.6 is 0 Å². The van der Waals surface area contributed by atoms with E-state index >= 15 is 0 Å². The first-order valence-corrected chi connectivity index (χ1v) is 11.7. The second kappa shape index (κ2) is 6.79. The Hall–Kier alpha value is -2.43. The van der Waals surface area contributed by atoms with Crippen molar-refractivity contribution in [3.8, 4) is 5.88 Å². The lowest BCUT2D eigenvalue weighted by Crippen LogP contribution is -2.41. The van der Waals surface area contributed by atoms with Gasteiger partial charge in [0.2, 0.25) is 5.88 Å². The van der Waals surface area contributed by atoms with E-state index in [1.54, 1.807) is 6.92 Å². The van der Waals surface area contributed by atoms with Crippen molar-refractivity contribution in [3.63, 3.8) is 0 Å². The van der Waals surface area contributed by atoms with Gasteiger partial charge in [-0.15, -0.1) is 4.36 Å². The van der Waals surface area contributed by atoms with Gasteiger partial charge < -0.3 is 15.2 Å². The van der Waals surface area contributed by atoms with Crippen molar-refractivity contribution >= 4 is 21.6 Å². The molecule has 0 fully saturated rings. The fraction of sp³-hybridized carbons (Fsp3) is 0.500.